The van der Waals surface area contributed by atoms with E-state index in [1.807, 2.05) is 31.2 Å². The Bertz CT molecular complexity index is 1620. The lowest BCUT2D eigenvalue weighted by Gasteiger charge is -2.20. The van der Waals surface area contributed by atoms with Crippen LogP contribution in [0.2, 0.25) is 0 Å². The number of nitrogens with one attached hydrogen (secondary N) is 2. The van der Waals surface area contributed by atoms with Gasteiger partial charge in [-0.3, -0.25) is 9.48 Å². The van der Waals surface area contributed by atoms with Crippen LogP contribution in [0.25, 0.3) is 31.8 Å². The van der Waals surface area contributed by atoms with Gasteiger partial charge in [-0.25, -0.2) is 18.7 Å². The first-order chi connectivity index (χ1) is 18.8. The predicted molar refractivity (Wildman–Crippen MR) is 147 cm³/mol. The number of aromatic nitrogens is 5. The van der Waals surface area contributed by atoms with Gasteiger partial charge in [-0.15, -0.1) is 16.4 Å². The van der Waals surface area contributed by atoms with E-state index in [0.717, 1.165) is 27.4 Å². The molecule has 39 heavy (non-hydrogen) atoms. The molecule has 9 nitrogen and oxygen atoms in total. The van der Waals surface area contributed by atoms with Crippen molar-refractivity contribution in [3.8, 4) is 21.7 Å². The Morgan fingerprint density at radius 1 is 1.15 bits per heavy atom. The minimum atomic E-state index is -0.677. The molecule has 1 amide bonds. The third-order valence-electron chi connectivity index (χ3n) is 6.16. The maximum Gasteiger partial charge on any atom is 0.237 e. The van der Waals surface area contributed by atoms with Crippen LogP contribution < -0.4 is 16.4 Å². The van der Waals surface area contributed by atoms with Crippen molar-refractivity contribution in [3.63, 3.8) is 0 Å². The number of thiophene rings is 1. The van der Waals surface area contributed by atoms with Crippen LogP contribution in [0.3, 0.4) is 0 Å². The quantitative estimate of drug-likeness (QED) is 0.247. The maximum atomic E-state index is 14.9. The zero-order chi connectivity index (χ0) is 27.5. The summed E-state index contributed by atoms with van der Waals surface area (Å²) in [5.74, 6) is -0.977. The third-order valence-corrected chi connectivity index (χ3v) is 7.35. The van der Waals surface area contributed by atoms with Crippen LogP contribution >= 0.6 is 11.3 Å². The van der Waals surface area contributed by atoms with Gasteiger partial charge in [0.25, 0.3) is 0 Å². The van der Waals surface area contributed by atoms with Crippen molar-refractivity contribution in [2.45, 2.75) is 32.5 Å². The molecular weight excluding hydrogens is 522 g/mol. The summed E-state index contributed by atoms with van der Waals surface area (Å²) in [6.45, 7) is 4.45. The van der Waals surface area contributed by atoms with E-state index in [0.29, 0.717) is 23.5 Å². The van der Waals surface area contributed by atoms with Crippen LogP contribution in [0.1, 0.15) is 25.5 Å². The molecule has 0 spiro atoms. The standard InChI is InChI=1S/C27H26F2N8OS/c1-15(30)26(38)34-16(2)19-7-6-18(28)13-21(19)20-5-3-4-17-12-23(39-25(17)20)24-22(29)14-32-27(35-24)31-8-10-37-11-9-33-36-37/h3-7,9,11-16H,8,10,30H2,1-2H3,(H,34,38)(H,31,32,35)/t15?,16-/m1/s1. The Morgan fingerprint density at radius 3 is 2.77 bits per heavy atom. The van der Waals surface area contributed by atoms with E-state index in [2.05, 4.69) is 30.9 Å². The summed E-state index contributed by atoms with van der Waals surface area (Å²) in [6, 6.07) is 10.9. The van der Waals surface area contributed by atoms with Crippen molar-refractivity contribution < 1.29 is 13.6 Å². The topological polar surface area (TPSA) is 124 Å². The summed E-state index contributed by atoms with van der Waals surface area (Å²) in [6.07, 6.45) is 4.47. The highest BCUT2D eigenvalue weighted by molar-refractivity contribution is 7.22. The molecular formula is C27H26F2N8OS. The molecule has 0 bridgehead atoms. The summed E-state index contributed by atoms with van der Waals surface area (Å²) < 4.78 is 31.9. The Hall–Kier alpha value is -4.29. The largest absolute Gasteiger partial charge is 0.352 e. The van der Waals surface area contributed by atoms with Gasteiger partial charge < -0.3 is 16.4 Å². The van der Waals surface area contributed by atoms with E-state index in [1.54, 1.807) is 30.1 Å². The molecule has 3 heterocycles. The average Bonchev–Trinajstić information content (AvgIpc) is 3.59. The zero-order valence-corrected chi connectivity index (χ0v) is 22.0. The highest BCUT2D eigenvalue weighted by Crippen LogP contribution is 2.41. The molecule has 0 saturated carbocycles. The van der Waals surface area contributed by atoms with Crippen LogP contribution in [0, 0.1) is 11.6 Å². The monoisotopic (exact) mass is 548 g/mol. The molecule has 5 rings (SSSR count). The number of halogens is 2. The fourth-order valence-electron chi connectivity index (χ4n) is 4.21. The number of benzene rings is 2. The Labute approximate surface area is 227 Å². The van der Waals surface area contributed by atoms with E-state index in [9.17, 15) is 13.6 Å². The SMILES string of the molecule is CC(N)C(=O)N[C@H](C)c1ccc(F)cc1-c1cccc2cc(-c3nc(NCCn4ccnn4)ncc3F)sc12. The van der Waals surface area contributed by atoms with Gasteiger partial charge in [-0.05, 0) is 54.1 Å². The first-order valence-electron chi connectivity index (χ1n) is 12.3. The third kappa shape index (κ3) is 5.76. The zero-order valence-electron chi connectivity index (χ0n) is 21.2. The van der Waals surface area contributed by atoms with E-state index in [1.165, 1.54) is 23.5 Å². The summed E-state index contributed by atoms with van der Waals surface area (Å²) >= 11 is 1.35. The smallest absolute Gasteiger partial charge is 0.237 e. The molecule has 4 N–H and O–H groups in total. The predicted octanol–water partition coefficient (Wildman–Crippen LogP) is 4.53. The maximum absolute atomic E-state index is 14.9. The lowest BCUT2D eigenvalue weighted by atomic mass is 9.94. The van der Waals surface area contributed by atoms with E-state index in [4.69, 9.17) is 5.73 Å². The molecule has 5 aromatic rings. The van der Waals surface area contributed by atoms with Crippen LogP contribution in [0.5, 0.6) is 0 Å². The molecule has 0 fully saturated rings. The second kappa shape index (κ2) is 11.2. The van der Waals surface area contributed by atoms with Crippen molar-refractivity contribution in [2.24, 2.45) is 5.73 Å². The van der Waals surface area contributed by atoms with Gasteiger partial charge in [0.2, 0.25) is 11.9 Å². The van der Waals surface area contributed by atoms with Crippen molar-refractivity contribution in [3.05, 3.63) is 78.3 Å². The van der Waals surface area contributed by atoms with Gasteiger partial charge in [-0.1, -0.05) is 29.5 Å². The number of carbonyl (C=O) groups excluding carboxylic acids is 1. The number of amides is 1. The summed E-state index contributed by atoms with van der Waals surface area (Å²) in [4.78, 5) is 21.3. The molecule has 200 valence electrons. The number of rotatable bonds is 9. The number of anilines is 1. The molecule has 0 saturated heterocycles. The van der Waals surface area contributed by atoms with Crippen LogP contribution in [0.15, 0.2) is 61.1 Å². The average molecular weight is 549 g/mol. The normalized spacial score (nSPS) is 12.8. The van der Waals surface area contributed by atoms with Gasteiger partial charge in [-0.2, -0.15) is 0 Å². The molecule has 2 aromatic carbocycles. The molecule has 0 aliphatic rings. The highest BCUT2D eigenvalue weighted by atomic mass is 32.1. The van der Waals surface area contributed by atoms with E-state index in [-0.39, 0.29) is 17.5 Å². The summed E-state index contributed by atoms with van der Waals surface area (Å²) in [7, 11) is 0. The van der Waals surface area contributed by atoms with Crippen LogP contribution in [-0.4, -0.2) is 43.5 Å². The molecule has 0 radical (unpaired) electrons. The number of hydrogen-bond acceptors (Lipinski definition) is 8. The minimum absolute atomic E-state index is 0.164. The van der Waals surface area contributed by atoms with Gasteiger partial charge in [0.05, 0.1) is 35.9 Å². The Morgan fingerprint density at radius 2 is 2.00 bits per heavy atom. The Kier molecular flexibility index (Phi) is 7.57. The van der Waals surface area contributed by atoms with Crippen molar-refractivity contribution in [1.29, 1.82) is 0 Å². The minimum Gasteiger partial charge on any atom is -0.352 e. The molecule has 2 atom stereocenters. The van der Waals surface area contributed by atoms with Crippen LogP contribution in [0.4, 0.5) is 14.7 Å². The van der Waals surface area contributed by atoms with E-state index >= 15 is 0 Å². The van der Waals surface area contributed by atoms with Gasteiger partial charge in [0.1, 0.15) is 11.5 Å². The molecule has 0 aliphatic heterocycles. The molecule has 3 aromatic heterocycles. The van der Waals surface area contributed by atoms with Crippen LogP contribution in [-0.2, 0) is 11.3 Å². The first-order valence-corrected chi connectivity index (χ1v) is 13.1. The second-order valence-electron chi connectivity index (χ2n) is 9.07. The lowest BCUT2D eigenvalue weighted by molar-refractivity contribution is -0.122. The van der Waals surface area contributed by atoms with Crippen molar-refractivity contribution >= 4 is 33.3 Å². The van der Waals surface area contributed by atoms with E-state index < -0.39 is 23.7 Å². The van der Waals surface area contributed by atoms with Gasteiger partial charge in [0.15, 0.2) is 5.82 Å². The highest BCUT2D eigenvalue weighted by Gasteiger charge is 2.20. The lowest BCUT2D eigenvalue weighted by Crippen LogP contribution is -2.39. The number of fused-ring (bicyclic) bond motifs is 1. The first kappa shape index (κ1) is 26.3. The van der Waals surface area contributed by atoms with Gasteiger partial charge in [0, 0.05) is 17.4 Å². The second-order valence-corrected chi connectivity index (χ2v) is 10.1. The molecule has 1 unspecified atom stereocenters. The number of hydrogen-bond donors (Lipinski definition) is 3. The number of nitrogens with zero attached hydrogens (tertiary/aromatic N) is 5. The fraction of sp³-hybridized carbons (Fsp3) is 0.222. The van der Waals surface area contributed by atoms with Crippen molar-refractivity contribution in [1.82, 2.24) is 30.3 Å². The summed E-state index contributed by atoms with van der Waals surface area (Å²) in [5, 5.41) is 14.5. The molecule has 0 aliphatic carbocycles. The van der Waals surface area contributed by atoms with Gasteiger partial charge >= 0.3 is 0 Å². The van der Waals surface area contributed by atoms with Crippen molar-refractivity contribution in [2.75, 3.05) is 11.9 Å². The fourth-order valence-corrected chi connectivity index (χ4v) is 5.39. The summed E-state index contributed by atoms with van der Waals surface area (Å²) in [5.41, 5.74) is 8.01. The number of carbonyl (C=O) groups is 1. The molecule has 12 heteroatoms. The number of nitrogens with two attached hydrogens (primary N) is 1. The Balaban J connectivity index is 1.49.